The summed E-state index contributed by atoms with van der Waals surface area (Å²) in [7, 11) is 0. The van der Waals surface area contributed by atoms with Crippen LogP contribution in [0, 0.1) is 6.07 Å². The van der Waals surface area contributed by atoms with E-state index in [1.807, 2.05) is 18.2 Å². The Morgan fingerprint density at radius 2 is 2.08 bits per heavy atom. The van der Waals surface area contributed by atoms with Crippen molar-refractivity contribution in [2.75, 3.05) is 0 Å². The van der Waals surface area contributed by atoms with Gasteiger partial charge in [-0.2, -0.15) is 0 Å². The molecule has 1 heteroatoms. The molecule has 1 aliphatic rings. The number of aliphatic hydroxyl groups is 1. The fourth-order valence-corrected chi connectivity index (χ4v) is 2.11. The number of hydrogen-bond acceptors (Lipinski definition) is 1. The predicted octanol–water partition coefficient (Wildman–Crippen LogP) is 2.51. The average molecular weight is 175 g/mol. The molecule has 1 aromatic carbocycles. The molecule has 1 fully saturated rings. The molecule has 0 saturated heterocycles. The van der Waals surface area contributed by atoms with Gasteiger partial charge in [0.1, 0.15) is 0 Å². The number of aliphatic hydroxyl groups excluding tert-OH is 1. The van der Waals surface area contributed by atoms with E-state index in [1.54, 1.807) is 0 Å². The Morgan fingerprint density at radius 1 is 1.23 bits per heavy atom. The average Bonchev–Trinajstić information content (AvgIpc) is 2.20. The molecule has 1 aliphatic carbocycles. The first-order valence-electron chi connectivity index (χ1n) is 5.02. The van der Waals surface area contributed by atoms with Crippen molar-refractivity contribution in [2.24, 2.45) is 0 Å². The molecule has 0 aliphatic heterocycles. The summed E-state index contributed by atoms with van der Waals surface area (Å²) >= 11 is 0. The van der Waals surface area contributed by atoms with E-state index in [-0.39, 0.29) is 6.10 Å². The molecule has 1 N–H and O–H groups in total. The van der Waals surface area contributed by atoms with Crippen molar-refractivity contribution in [3.63, 3.8) is 0 Å². The van der Waals surface area contributed by atoms with Gasteiger partial charge in [-0.25, -0.2) is 0 Å². The van der Waals surface area contributed by atoms with Crippen LogP contribution in [-0.4, -0.2) is 11.2 Å². The molecule has 1 radical (unpaired) electrons. The summed E-state index contributed by atoms with van der Waals surface area (Å²) < 4.78 is 0. The molecule has 0 spiro atoms. The smallest absolute Gasteiger partial charge is 0.0608 e. The van der Waals surface area contributed by atoms with E-state index in [0.717, 1.165) is 12.8 Å². The third-order valence-electron chi connectivity index (χ3n) is 2.86. The van der Waals surface area contributed by atoms with Crippen LogP contribution in [0.25, 0.3) is 0 Å². The highest BCUT2D eigenvalue weighted by Gasteiger charge is 2.23. The number of rotatable bonds is 1. The molecule has 0 aromatic heterocycles. The van der Waals surface area contributed by atoms with Gasteiger partial charge < -0.3 is 5.11 Å². The lowest BCUT2D eigenvalue weighted by Gasteiger charge is -2.27. The topological polar surface area (TPSA) is 20.2 Å². The van der Waals surface area contributed by atoms with E-state index < -0.39 is 0 Å². The van der Waals surface area contributed by atoms with Crippen LogP contribution >= 0.6 is 0 Å². The van der Waals surface area contributed by atoms with E-state index in [4.69, 9.17) is 0 Å². The molecule has 2 unspecified atom stereocenters. The Kier molecular flexibility index (Phi) is 2.65. The monoisotopic (exact) mass is 175 g/mol. The van der Waals surface area contributed by atoms with Crippen molar-refractivity contribution in [2.45, 2.75) is 37.7 Å². The van der Waals surface area contributed by atoms with Crippen LogP contribution in [-0.2, 0) is 0 Å². The van der Waals surface area contributed by atoms with Gasteiger partial charge in [0.05, 0.1) is 6.10 Å². The molecule has 2 rings (SSSR count). The molecule has 0 amide bonds. The van der Waals surface area contributed by atoms with Crippen molar-refractivity contribution < 1.29 is 5.11 Å². The molecule has 2 atom stereocenters. The van der Waals surface area contributed by atoms with Gasteiger partial charge in [0.15, 0.2) is 0 Å². The van der Waals surface area contributed by atoms with Crippen LogP contribution in [0.3, 0.4) is 0 Å². The Balaban J connectivity index is 2.15. The fraction of sp³-hybridized carbons (Fsp3) is 0.500. The maximum atomic E-state index is 9.80. The number of benzene rings is 1. The second-order valence-electron chi connectivity index (χ2n) is 3.78. The molecular formula is C12H15O. The Morgan fingerprint density at radius 3 is 2.77 bits per heavy atom. The lowest BCUT2D eigenvalue weighted by atomic mass is 9.82. The molecule has 1 nitrogen and oxygen atoms in total. The van der Waals surface area contributed by atoms with E-state index in [0.29, 0.717) is 5.92 Å². The molecule has 0 heterocycles. The van der Waals surface area contributed by atoms with Crippen LogP contribution < -0.4 is 0 Å². The fourth-order valence-electron chi connectivity index (χ4n) is 2.11. The van der Waals surface area contributed by atoms with Gasteiger partial charge in [-0.3, -0.25) is 0 Å². The third-order valence-corrected chi connectivity index (χ3v) is 2.86. The highest BCUT2D eigenvalue weighted by molar-refractivity contribution is 5.19. The van der Waals surface area contributed by atoms with Gasteiger partial charge in [0.25, 0.3) is 0 Å². The van der Waals surface area contributed by atoms with Gasteiger partial charge in [-0.1, -0.05) is 37.1 Å². The lowest BCUT2D eigenvalue weighted by Crippen LogP contribution is -2.22. The van der Waals surface area contributed by atoms with Gasteiger partial charge in [0.2, 0.25) is 0 Å². The first-order chi connectivity index (χ1) is 6.38. The molecule has 69 valence electrons. The quantitative estimate of drug-likeness (QED) is 0.695. The van der Waals surface area contributed by atoms with E-state index in [9.17, 15) is 5.11 Å². The van der Waals surface area contributed by atoms with Crippen LogP contribution in [0.15, 0.2) is 24.3 Å². The standard InChI is InChI=1S/C12H15O/c13-12-9-5-4-8-11(12)10-6-2-1-3-7-10/h1-3,6,11-13H,4-5,8-9H2. The summed E-state index contributed by atoms with van der Waals surface area (Å²) in [5.74, 6) is 0.329. The molecule has 1 aromatic rings. The van der Waals surface area contributed by atoms with Gasteiger partial charge in [0, 0.05) is 5.92 Å². The van der Waals surface area contributed by atoms with Crippen LogP contribution in [0.5, 0.6) is 0 Å². The zero-order valence-electron chi connectivity index (χ0n) is 7.74. The van der Waals surface area contributed by atoms with E-state index in [2.05, 4.69) is 12.1 Å². The summed E-state index contributed by atoms with van der Waals surface area (Å²) in [6.45, 7) is 0. The summed E-state index contributed by atoms with van der Waals surface area (Å²) in [5, 5.41) is 9.80. The minimum Gasteiger partial charge on any atom is -0.392 e. The summed E-state index contributed by atoms with van der Waals surface area (Å²) in [6, 6.07) is 11.2. The summed E-state index contributed by atoms with van der Waals surface area (Å²) in [4.78, 5) is 0. The van der Waals surface area contributed by atoms with Gasteiger partial charge >= 0.3 is 0 Å². The zero-order chi connectivity index (χ0) is 9.10. The van der Waals surface area contributed by atoms with Gasteiger partial charge in [-0.15, -0.1) is 0 Å². The second kappa shape index (κ2) is 3.93. The maximum absolute atomic E-state index is 9.80. The third kappa shape index (κ3) is 1.92. The Bertz CT molecular complexity index is 255. The molecule has 13 heavy (non-hydrogen) atoms. The minimum atomic E-state index is -0.146. The van der Waals surface area contributed by atoms with Crippen LogP contribution in [0.2, 0.25) is 0 Å². The molecular weight excluding hydrogens is 160 g/mol. The summed E-state index contributed by atoms with van der Waals surface area (Å²) in [5.41, 5.74) is 1.18. The molecule has 1 saturated carbocycles. The highest BCUT2D eigenvalue weighted by atomic mass is 16.3. The van der Waals surface area contributed by atoms with Crippen molar-refractivity contribution in [3.8, 4) is 0 Å². The van der Waals surface area contributed by atoms with Crippen LogP contribution in [0.1, 0.15) is 37.2 Å². The van der Waals surface area contributed by atoms with E-state index >= 15 is 0 Å². The number of hydrogen-bond donors (Lipinski definition) is 1. The highest BCUT2D eigenvalue weighted by Crippen LogP contribution is 2.32. The van der Waals surface area contributed by atoms with Gasteiger partial charge in [-0.05, 0) is 24.5 Å². The SMILES string of the molecule is OC1CCCCC1c1[c]cccc1. The minimum absolute atomic E-state index is 0.146. The van der Waals surface area contributed by atoms with Crippen molar-refractivity contribution in [1.82, 2.24) is 0 Å². The van der Waals surface area contributed by atoms with E-state index in [1.165, 1.54) is 18.4 Å². The van der Waals surface area contributed by atoms with Crippen molar-refractivity contribution >= 4 is 0 Å². The maximum Gasteiger partial charge on any atom is 0.0608 e. The first-order valence-corrected chi connectivity index (χ1v) is 5.02. The summed E-state index contributed by atoms with van der Waals surface area (Å²) in [6.07, 6.45) is 4.33. The van der Waals surface area contributed by atoms with Crippen LogP contribution in [0.4, 0.5) is 0 Å². The normalized spacial score (nSPS) is 28.7. The Hall–Kier alpha value is -0.820. The predicted molar refractivity (Wildman–Crippen MR) is 52.5 cm³/mol. The van der Waals surface area contributed by atoms with Crippen molar-refractivity contribution in [1.29, 1.82) is 0 Å². The second-order valence-corrected chi connectivity index (χ2v) is 3.78. The van der Waals surface area contributed by atoms with Crippen molar-refractivity contribution in [3.05, 3.63) is 35.9 Å². The lowest BCUT2D eigenvalue weighted by molar-refractivity contribution is 0.106. The Labute approximate surface area is 79.4 Å². The largest absolute Gasteiger partial charge is 0.392 e. The molecule has 0 bridgehead atoms. The first kappa shape index (κ1) is 8.76. The zero-order valence-corrected chi connectivity index (χ0v) is 7.74.